The van der Waals surface area contributed by atoms with Crippen molar-refractivity contribution in [2.24, 2.45) is 0 Å². The molecule has 1 aliphatic rings. The van der Waals surface area contributed by atoms with E-state index in [-0.39, 0.29) is 17.4 Å². The Morgan fingerprint density at radius 1 is 1.37 bits per heavy atom. The second kappa shape index (κ2) is 9.49. The van der Waals surface area contributed by atoms with Crippen molar-refractivity contribution >= 4 is 45.4 Å². The monoisotopic (exact) mass is 407 g/mol. The van der Waals surface area contributed by atoms with Gasteiger partial charge in [0.25, 0.3) is 0 Å². The summed E-state index contributed by atoms with van der Waals surface area (Å²) in [6.45, 7) is 3.06. The van der Waals surface area contributed by atoms with E-state index in [2.05, 4.69) is 26.1 Å². The van der Waals surface area contributed by atoms with Gasteiger partial charge < -0.3 is 19.7 Å². The van der Waals surface area contributed by atoms with Crippen molar-refractivity contribution in [1.29, 1.82) is 0 Å². The summed E-state index contributed by atoms with van der Waals surface area (Å²) in [4.78, 5) is 18.8. The smallest absolute Gasteiger partial charge is 0.244 e. The molecule has 3 N–H and O–H groups in total. The molecule has 2 aromatic rings. The van der Waals surface area contributed by atoms with Gasteiger partial charge in [-0.2, -0.15) is 0 Å². The molecule has 144 valence electrons. The van der Waals surface area contributed by atoms with Crippen LogP contribution in [0.15, 0.2) is 29.6 Å². The van der Waals surface area contributed by atoms with Gasteiger partial charge in [0.05, 0.1) is 32.4 Å². The number of carbonyl (C=O) groups excluding carboxylic acids is 1. The van der Waals surface area contributed by atoms with E-state index in [9.17, 15) is 4.79 Å². The van der Waals surface area contributed by atoms with E-state index in [1.54, 1.807) is 13.2 Å². The van der Waals surface area contributed by atoms with Gasteiger partial charge in [-0.3, -0.25) is 15.6 Å². The van der Waals surface area contributed by atoms with E-state index in [4.69, 9.17) is 21.7 Å². The molecule has 1 aromatic carbocycles. The lowest BCUT2D eigenvalue weighted by Crippen LogP contribution is -2.44. The molecule has 1 fully saturated rings. The van der Waals surface area contributed by atoms with Crippen LogP contribution in [0.1, 0.15) is 5.69 Å². The number of thiazole rings is 1. The third-order valence-corrected chi connectivity index (χ3v) is 4.96. The highest BCUT2D eigenvalue weighted by Crippen LogP contribution is 2.21. The van der Waals surface area contributed by atoms with Crippen molar-refractivity contribution in [2.45, 2.75) is 6.42 Å². The topological polar surface area (TPSA) is 87.8 Å². The molecule has 0 atom stereocenters. The predicted molar refractivity (Wildman–Crippen MR) is 109 cm³/mol. The van der Waals surface area contributed by atoms with Gasteiger partial charge in [-0.1, -0.05) is 6.07 Å². The Balaban J connectivity index is 1.43. The van der Waals surface area contributed by atoms with E-state index in [0.717, 1.165) is 29.6 Å². The second-order valence-electron chi connectivity index (χ2n) is 5.76. The number of nitrogens with one attached hydrogen (secondary N) is 3. The Morgan fingerprint density at radius 3 is 2.96 bits per heavy atom. The summed E-state index contributed by atoms with van der Waals surface area (Å²) in [5, 5.41) is 6.08. The van der Waals surface area contributed by atoms with Gasteiger partial charge in [0.2, 0.25) is 5.91 Å². The molecule has 0 unspecified atom stereocenters. The van der Waals surface area contributed by atoms with Crippen LogP contribution in [0, 0.1) is 0 Å². The van der Waals surface area contributed by atoms with Gasteiger partial charge in [0, 0.05) is 30.2 Å². The minimum absolute atomic E-state index is 0.176. The first kappa shape index (κ1) is 19.3. The van der Waals surface area contributed by atoms with Crippen LogP contribution in [0.2, 0.25) is 0 Å². The van der Waals surface area contributed by atoms with E-state index >= 15 is 0 Å². The number of rotatable bonds is 5. The number of morpholine rings is 1. The average Bonchev–Trinajstić information content (AvgIpc) is 3.15. The molecule has 0 saturated carbocycles. The normalized spacial score (nSPS) is 13.7. The third-order valence-electron chi connectivity index (χ3n) is 3.81. The minimum Gasteiger partial charge on any atom is -0.497 e. The van der Waals surface area contributed by atoms with Crippen LogP contribution in [0.4, 0.5) is 10.8 Å². The Labute approximate surface area is 166 Å². The van der Waals surface area contributed by atoms with Crippen molar-refractivity contribution < 1.29 is 14.3 Å². The zero-order valence-electron chi connectivity index (χ0n) is 14.9. The summed E-state index contributed by atoms with van der Waals surface area (Å²) in [6.07, 6.45) is 0.176. The molecule has 27 heavy (non-hydrogen) atoms. The number of benzene rings is 1. The van der Waals surface area contributed by atoms with Crippen LogP contribution in [0.5, 0.6) is 5.75 Å². The minimum atomic E-state index is -0.219. The summed E-state index contributed by atoms with van der Waals surface area (Å²) in [6, 6.07) is 7.33. The van der Waals surface area contributed by atoms with Crippen LogP contribution in [-0.4, -0.2) is 49.4 Å². The number of carbonyl (C=O) groups is 1. The lowest BCUT2D eigenvalue weighted by atomic mass is 10.3. The quantitative estimate of drug-likeness (QED) is 0.508. The first-order valence-corrected chi connectivity index (χ1v) is 9.70. The van der Waals surface area contributed by atoms with Crippen LogP contribution >= 0.6 is 23.6 Å². The highest BCUT2D eigenvalue weighted by molar-refractivity contribution is 7.80. The fourth-order valence-electron chi connectivity index (χ4n) is 2.48. The number of hydrogen-bond donors (Lipinski definition) is 3. The summed E-state index contributed by atoms with van der Waals surface area (Å²) < 4.78 is 10.5. The Hall–Kier alpha value is -2.43. The zero-order chi connectivity index (χ0) is 19.1. The first-order chi connectivity index (χ1) is 13.1. The maximum Gasteiger partial charge on any atom is 0.244 e. The molecule has 0 aliphatic carbocycles. The fraction of sp³-hybridized carbons (Fsp3) is 0.353. The van der Waals surface area contributed by atoms with Crippen molar-refractivity contribution in [3.05, 3.63) is 35.3 Å². The van der Waals surface area contributed by atoms with Crippen molar-refractivity contribution in [2.75, 3.05) is 43.6 Å². The van der Waals surface area contributed by atoms with Crippen molar-refractivity contribution in [1.82, 2.24) is 15.8 Å². The highest BCUT2D eigenvalue weighted by Gasteiger charge is 2.15. The number of ether oxygens (including phenoxy) is 2. The zero-order valence-corrected chi connectivity index (χ0v) is 16.5. The maximum absolute atomic E-state index is 12.1. The highest BCUT2D eigenvalue weighted by atomic mass is 32.1. The van der Waals surface area contributed by atoms with E-state index in [0.29, 0.717) is 19.0 Å². The number of hydrazine groups is 1. The predicted octanol–water partition coefficient (Wildman–Crippen LogP) is 1.55. The molecular weight excluding hydrogens is 386 g/mol. The summed E-state index contributed by atoms with van der Waals surface area (Å²) in [7, 11) is 1.60. The van der Waals surface area contributed by atoms with Gasteiger partial charge >= 0.3 is 0 Å². The Morgan fingerprint density at radius 2 is 2.19 bits per heavy atom. The van der Waals surface area contributed by atoms with Gasteiger partial charge in [0.1, 0.15) is 5.75 Å². The van der Waals surface area contributed by atoms with Crippen molar-refractivity contribution in [3.8, 4) is 5.75 Å². The number of methoxy groups -OCH3 is 1. The molecule has 0 bridgehead atoms. The van der Waals surface area contributed by atoms with E-state index in [1.807, 2.05) is 23.6 Å². The van der Waals surface area contributed by atoms with Crippen LogP contribution in [0.25, 0.3) is 0 Å². The number of aromatic nitrogens is 1. The SMILES string of the molecule is COc1cccc(NC(=S)NNC(=O)Cc2csc(N3CCOCC3)n2)c1. The molecule has 0 radical (unpaired) electrons. The van der Waals surface area contributed by atoms with E-state index < -0.39 is 0 Å². The molecule has 8 nitrogen and oxygen atoms in total. The lowest BCUT2D eigenvalue weighted by Gasteiger charge is -2.26. The maximum atomic E-state index is 12.1. The van der Waals surface area contributed by atoms with Gasteiger partial charge in [-0.05, 0) is 24.4 Å². The molecular formula is C17H21N5O3S2. The first-order valence-electron chi connectivity index (χ1n) is 8.41. The van der Waals surface area contributed by atoms with Crippen LogP contribution in [0.3, 0.4) is 0 Å². The molecule has 10 heteroatoms. The Kier molecular flexibility index (Phi) is 6.80. The molecule has 2 heterocycles. The van der Waals surface area contributed by atoms with E-state index in [1.165, 1.54) is 11.3 Å². The Bertz CT molecular complexity index is 792. The lowest BCUT2D eigenvalue weighted by molar-refractivity contribution is -0.121. The fourth-order valence-corrected chi connectivity index (χ4v) is 3.52. The number of thiocarbonyl (C=S) groups is 1. The second-order valence-corrected chi connectivity index (χ2v) is 7.00. The number of nitrogens with zero attached hydrogens (tertiary/aromatic N) is 2. The number of amides is 1. The van der Waals surface area contributed by atoms with Gasteiger partial charge in [0.15, 0.2) is 10.2 Å². The molecule has 1 aromatic heterocycles. The van der Waals surface area contributed by atoms with Gasteiger partial charge in [-0.15, -0.1) is 11.3 Å². The summed E-state index contributed by atoms with van der Waals surface area (Å²) >= 11 is 6.71. The van der Waals surface area contributed by atoms with Crippen LogP contribution < -0.4 is 25.8 Å². The molecule has 1 amide bonds. The van der Waals surface area contributed by atoms with Crippen molar-refractivity contribution in [3.63, 3.8) is 0 Å². The summed E-state index contributed by atoms with van der Waals surface area (Å²) in [5.41, 5.74) is 6.75. The molecule has 1 aliphatic heterocycles. The molecule has 0 spiro atoms. The van der Waals surface area contributed by atoms with Gasteiger partial charge in [-0.25, -0.2) is 4.98 Å². The number of hydrogen-bond acceptors (Lipinski definition) is 7. The third kappa shape index (κ3) is 5.78. The average molecular weight is 408 g/mol. The molecule has 1 saturated heterocycles. The standard InChI is InChI=1S/C17H21N5O3S2/c1-24-14-4-2-3-12(9-14)18-16(26)21-20-15(23)10-13-11-27-17(19-13)22-5-7-25-8-6-22/h2-4,9,11H,5-8,10H2,1H3,(H,20,23)(H2,18,21,26). The summed E-state index contributed by atoms with van der Waals surface area (Å²) in [5.74, 6) is 0.495. The largest absolute Gasteiger partial charge is 0.497 e. The van der Waals surface area contributed by atoms with Crippen LogP contribution in [-0.2, 0) is 16.0 Å². The molecule has 3 rings (SSSR count). The number of anilines is 2.